The molecule has 2 heteroatoms. The van der Waals surface area contributed by atoms with Crippen molar-refractivity contribution in [2.45, 2.75) is 26.1 Å². The van der Waals surface area contributed by atoms with Gasteiger partial charge in [0.05, 0.1) is 0 Å². The quantitative estimate of drug-likeness (QED) is 0.621. The molecule has 0 bridgehead atoms. The minimum absolute atomic E-state index is 0.778. The van der Waals surface area contributed by atoms with E-state index in [1.165, 1.54) is 24.8 Å². The second-order valence-corrected chi connectivity index (χ2v) is 3.95. The van der Waals surface area contributed by atoms with Crippen molar-refractivity contribution in [1.82, 2.24) is 4.81 Å². The molecule has 0 atom stereocenters. The van der Waals surface area contributed by atoms with Gasteiger partial charge in [0.2, 0.25) is 6.85 Å². The molecule has 68 valence electrons. The van der Waals surface area contributed by atoms with Gasteiger partial charge in [0.25, 0.3) is 0 Å². The van der Waals surface area contributed by atoms with Gasteiger partial charge in [-0.2, -0.15) is 0 Å². The molecule has 1 heterocycles. The summed E-state index contributed by atoms with van der Waals surface area (Å²) in [6.07, 6.45) is 2.74. The van der Waals surface area contributed by atoms with Crippen LogP contribution >= 0.6 is 0 Å². The molecular weight excluding hydrogens is 157 g/mol. The first-order chi connectivity index (χ1) is 6.36. The monoisotopic (exact) mass is 173 g/mol. The first-order valence-electron chi connectivity index (χ1n) is 5.14. The maximum Gasteiger partial charge on any atom is 0.220 e. The molecule has 1 nitrogen and oxygen atoms in total. The van der Waals surface area contributed by atoms with E-state index in [4.69, 9.17) is 0 Å². The first kappa shape index (κ1) is 8.83. The van der Waals surface area contributed by atoms with Crippen LogP contribution in [0.15, 0.2) is 30.3 Å². The molecule has 0 radical (unpaired) electrons. The topological polar surface area (TPSA) is 3.24 Å². The van der Waals surface area contributed by atoms with Crippen LogP contribution in [0.5, 0.6) is 0 Å². The van der Waals surface area contributed by atoms with Gasteiger partial charge in [0, 0.05) is 6.54 Å². The van der Waals surface area contributed by atoms with Crippen LogP contribution in [0.2, 0.25) is 13.1 Å². The van der Waals surface area contributed by atoms with Gasteiger partial charge >= 0.3 is 0 Å². The van der Waals surface area contributed by atoms with E-state index in [2.05, 4.69) is 42.0 Å². The Hall–Kier alpha value is -0.755. The Morgan fingerprint density at radius 1 is 1.31 bits per heavy atom. The number of benzene rings is 1. The van der Waals surface area contributed by atoms with Crippen LogP contribution in [0.1, 0.15) is 12.0 Å². The number of nitrogens with zero attached hydrogens (tertiary/aromatic N) is 1. The molecule has 0 unspecified atom stereocenters. The molecule has 2 rings (SSSR count). The van der Waals surface area contributed by atoms with Gasteiger partial charge in [-0.15, -0.1) is 0 Å². The van der Waals surface area contributed by atoms with Crippen molar-refractivity contribution in [2.75, 3.05) is 6.54 Å². The Bertz CT molecular complexity index is 260. The van der Waals surface area contributed by atoms with Crippen molar-refractivity contribution in [1.29, 1.82) is 0 Å². The fourth-order valence-corrected chi connectivity index (χ4v) is 2.05. The summed E-state index contributed by atoms with van der Waals surface area (Å²) in [6, 6.07) is 10.7. The lowest BCUT2D eigenvalue weighted by Gasteiger charge is -2.18. The van der Waals surface area contributed by atoms with E-state index >= 15 is 0 Å². The highest BCUT2D eigenvalue weighted by Crippen LogP contribution is 2.17. The van der Waals surface area contributed by atoms with Gasteiger partial charge in [-0.05, 0) is 18.5 Å². The number of rotatable bonds is 2. The van der Waals surface area contributed by atoms with E-state index in [9.17, 15) is 0 Å². The first-order valence-corrected chi connectivity index (χ1v) is 5.14. The summed E-state index contributed by atoms with van der Waals surface area (Å²) in [5.74, 6) is 0. The van der Waals surface area contributed by atoms with Crippen LogP contribution in [0.4, 0.5) is 0 Å². The predicted octanol–water partition coefficient (Wildman–Crippen LogP) is 2.51. The average molecular weight is 173 g/mol. The molecule has 1 aromatic carbocycles. The van der Waals surface area contributed by atoms with Crippen LogP contribution in [0, 0.1) is 0 Å². The minimum Gasteiger partial charge on any atom is -0.338 e. The van der Waals surface area contributed by atoms with E-state index in [1.807, 2.05) is 0 Å². The Kier molecular flexibility index (Phi) is 2.69. The molecule has 1 aliphatic heterocycles. The molecule has 0 saturated carbocycles. The third-order valence-electron chi connectivity index (χ3n) is 2.92. The zero-order chi connectivity index (χ0) is 9.10. The van der Waals surface area contributed by atoms with Gasteiger partial charge in [0.15, 0.2) is 0 Å². The summed E-state index contributed by atoms with van der Waals surface area (Å²) in [6.45, 7) is 5.51. The molecule has 0 aliphatic carbocycles. The molecular formula is C11H16BN. The van der Waals surface area contributed by atoms with Gasteiger partial charge in [-0.1, -0.05) is 43.5 Å². The van der Waals surface area contributed by atoms with Crippen molar-refractivity contribution in [3.8, 4) is 0 Å². The normalized spacial score (nSPS) is 18.1. The molecule has 1 fully saturated rings. The fourth-order valence-electron chi connectivity index (χ4n) is 2.05. The summed E-state index contributed by atoms with van der Waals surface area (Å²) in [7, 11) is 0. The van der Waals surface area contributed by atoms with Gasteiger partial charge < -0.3 is 4.81 Å². The van der Waals surface area contributed by atoms with E-state index in [0.29, 0.717) is 0 Å². The molecule has 0 spiro atoms. The van der Waals surface area contributed by atoms with Crippen LogP contribution in [-0.4, -0.2) is 18.2 Å². The molecule has 0 amide bonds. The van der Waals surface area contributed by atoms with E-state index in [-0.39, 0.29) is 0 Å². The summed E-state index contributed by atoms with van der Waals surface area (Å²) >= 11 is 0. The third kappa shape index (κ3) is 2.13. The van der Waals surface area contributed by atoms with Crippen molar-refractivity contribution >= 4 is 6.85 Å². The highest BCUT2D eigenvalue weighted by atomic mass is 15.1. The van der Waals surface area contributed by atoms with Crippen LogP contribution in [0.3, 0.4) is 0 Å². The molecule has 0 N–H and O–H groups in total. The molecule has 0 aromatic heterocycles. The van der Waals surface area contributed by atoms with Gasteiger partial charge in [-0.3, -0.25) is 0 Å². The average Bonchev–Trinajstić information content (AvgIpc) is 2.54. The van der Waals surface area contributed by atoms with Crippen LogP contribution < -0.4 is 0 Å². The van der Waals surface area contributed by atoms with Crippen LogP contribution in [-0.2, 0) is 6.54 Å². The van der Waals surface area contributed by atoms with Crippen LogP contribution in [0.25, 0.3) is 0 Å². The second-order valence-electron chi connectivity index (χ2n) is 3.95. The highest BCUT2D eigenvalue weighted by molar-refractivity contribution is 6.54. The van der Waals surface area contributed by atoms with E-state index in [0.717, 1.165) is 13.4 Å². The zero-order valence-corrected chi connectivity index (χ0v) is 8.24. The Morgan fingerprint density at radius 2 is 2.08 bits per heavy atom. The summed E-state index contributed by atoms with van der Waals surface area (Å²) in [5, 5.41) is 0. The van der Waals surface area contributed by atoms with Crippen molar-refractivity contribution < 1.29 is 0 Å². The Balaban J connectivity index is 1.98. The maximum atomic E-state index is 2.56. The molecule has 1 saturated heterocycles. The maximum absolute atomic E-state index is 2.56. The highest BCUT2D eigenvalue weighted by Gasteiger charge is 2.23. The second kappa shape index (κ2) is 3.97. The standard InChI is InChI=1S/C11H16BN/c1-12-8-5-9-13(12)10-11-6-3-2-4-7-11/h2-4,6-7H,5,8-10H2,1H3. The lowest BCUT2D eigenvalue weighted by atomic mass is 9.62. The Labute approximate surface area is 80.9 Å². The van der Waals surface area contributed by atoms with Crippen molar-refractivity contribution in [2.24, 2.45) is 0 Å². The van der Waals surface area contributed by atoms with E-state index in [1.54, 1.807) is 0 Å². The zero-order valence-electron chi connectivity index (χ0n) is 8.24. The SMILES string of the molecule is CB1CCCN1Cc1ccccc1. The van der Waals surface area contributed by atoms with Crippen molar-refractivity contribution in [3.63, 3.8) is 0 Å². The molecule has 1 aromatic rings. The third-order valence-corrected chi connectivity index (χ3v) is 2.92. The Morgan fingerprint density at radius 3 is 2.69 bits per heavy atom. The van der Waals surface area contributed by atoms with E-state index < -0.39 is 0 Å². The lowest BCUT2D eigenvalue weighted by Crippen LogP contribution is -2.29. The molecule has 1 aliphatic rings. The summed E-state index contributed by atoms with van der Waals surface area (Å²) in [4.78, 5) is 2.56. The predicted molar refractivity (Wildman–Crippen MR) is 57.9 cm³/mol. The van der Waals surface area contributed by atoms with Gasteiger partial charge in [0.1, 0.15) is 0 Å². The number of hydrogen-bond acceptors (Lipinski definition) is 1. The summed E-state index contributed by atoms with van der Waals surface area (Å²) < 4.78 is 0. The van der Waals surface area contributed by atoms with Crippen molar-refractivity contribution in [3.05, 3.63) is 35.9 Å². The number of hydrogen-bond donors (Lipinski definition) is 0. The summed E-state index contributed by atoms with van der Waals surface area (Å²) in [5.41, 5.74) is 1.44. The fraction of sp³-hybridized carbons (Fsp3) is 0.455. The molecule has 13 heavy (non-hydrogen) atoms. The largest absolute Gasteiger partial charge is 0.338 e. The smallest absolute Gasteiger partial charge is 0.220 e. The lowest BCUT2D eigenvalue weighted by molar-refractivity contribution is 0.463. The minimum atomic E-state index is 0.778. The van der Waals surface area contributed by atoms with Gasteiger partial charge in [-0.25, -0.2) is 0 Å².